The minimum atomic E-state index is 0.534. The predicted octanol–water partition coefficient (Wildman–Crippen LogP) is 4.11. The maximum Gasteiger partial charge on any atom is 0.0580 e. The van der Waals surface area contributed by atoms with Crippen LogP contribution in [-0.2, 0) is 11.2 Å². The van der Waals surface area contributed by atoms with E-state index >= 15 is 0 Å². The second kappa shape index (κ2) is 8.55. The minimum absolute atomic E-state index is 0.534. The van der Waals surface area contributed by atoms with E-state index in [0.29, 0.717) is 12.1 Å². The summed E-state index contributed by atoms with van der Waals surface area (Å²) in [5.74, 6) is 0.848. The van der Waals surface area contributed by atoms with Crippen LogP contribution >= 0.6 is 0 Å². The van der Waals surface area contributed by atoms with Crippen molar-refractivity contribution in [2.24, 2.45) is 5.92 Å². The molecule has 0 saturated heterocycles. The average Bonchev–Trinajstić information content (AvgIpc) is 2.44. The molecule has 0 bridgehead atoms. The normalized spacial score (nSPS) is 22.8. The van der Waals surface area contributed by atoms with Crippen LogP contribution in [0.1, 0.15) is 50.7 Å². The van der Waals surface area contributed by atoms with Gasteiger partial charge in [0.15, 0.2) is 0 Å². The van der Waals surface area contributed by atoms with Crippen molar-refractivity contribution < 1.29 is 4.74 Å². The number of aryl methyl sites for hydroxylation is 1. The molecule has 1 unspecified atom stereocenters. The largest absolute Gasteiger partial charge is 0.378 e. The summed E-state index contributed by atoms with van der Waals surface area (Å²) in [5, 5.41) is 3.74. The Kier molecular flexibility index (Phi) is 6.72. The molecule has 0 aliphatic heterocycles. The van der Waals surface area contributed by atoms with E-state index in [-0.39, 0.29) is 0 Å². The van der Waals surface area contributed by atoms with Crippen LogP contribution in [0.3, 0.4) is 0 Å². The molecule has 2 rings (SSSR count). The molecule has 1 atom stereocenters. The maximum absolute atomic E-state index is 5.68. The second-order valence-electron chi connectivity index (χ2n) is 6.49. The van der Waals surface area contributed by atoms with Crippen molar-refractivity contribution in [3.8, 4) is 0 Å². The molecule has 0 spiro atoms. The van der Waals surface area contributed by atoms with E-state index in [9.17, 15) is 0 Å². The first kappa shape index (κ1) is 16.5. The van der Waals surface area contributed by atoms with Crippen molar-refractivity contribution in [1.82, 2.24) is 5.32 Å². The van der Waals surface area contributed by atoms with E-state index in [1.54, 1.807) is 0 Å². The summed E-state index contributed by atoms with van der Waals surface area (Å²) in [6.07, 6.45) is 6.69. The molecule has 21 heavy (non-hydrogen) atoms. The Morgan fingerprint density at radius 2 is 1.90 bits per heavy atom. The van der Waals surface area contributed by atoms with Crippen molar-refractivity contribution in [2.45, 2.75) is 65.0 Å². The molecule has 0 amide bonds. The molecular formula is C19H31NO. The van der Waals surface area contributed by atoms with E-state index in [1.165, 1.54) is 36.8 Å². The molecule has 1 fully saturated rings. The van der Waals surface area contributed by atoms with Crippen LogP contribution in [0.4, 0.5) is 0 Å². The molecule has 1 N–H and O–H groups in total. The summed E-state index contributed by atoms with van der Waals surface area (Å²) in [5.41, 5.74) is 2.80. The molecule has 118 valence electrons. The molecule has 2 heteroatoms. The predicted molar refractivity (Wildman–Crippen MR) is 89.7 cm³/mol. The zero-order valence-corrected chi connectivity index (χ0v) is 13.9. The fourth-order valence-electron chi connectivity index (χ4n) is 3.24. The number of hydrogen-bond donors (Lipinski definition) is 1. The molecule has 0 aromatic heterocycles. The van der Waals surface area contributed by atoms with Crippen LogP contribution in [0.2, 0.25) is 0 Å². The summed E-state index contributed by atoms with van der Waals surface area (Å²) < 4.78 is 5.68. The van der Waals surface area contributed by atoms with Gasteiger partial charge < -0.3 is 10.1 Å². The van der Waals surface area contributed by atoms with Crippen molar-refractivity contribution in [3.63, 3.8) is 0 Å². The van der Waals surface area contributed by atoms with E-state index in [2.05, 4.69) is 50.4 Å². The molecule has 2 nitrogen and oxygen atoms in total. The lowest BCUT2D eigenvalue weighted by molar-refractivity contribution is -0.0290. The third-order valence-corrected chi connectivity index (χ3v) is 4.50. The van der Waals surface area contributed by atoms with Gasteiger partial charge in [0.1, 0.15) is 0 Å². The van der Waals surface area contributed by atoms with Gasteiger partial charge in [-0.1, -0.05) is 36.8 Å². The summed E-state index contributed by atoms with van der Waals surface area (Å²) in [6, 6.07) is 9.61. The van der Waals surface area contributed by atoms with Crippen LogP contribution in [0.5, 0.6) is 0 Å². The van der Waals surface area contributed by atoms with Gasteiger partial charge in [0.2, 0.25) is 0 Å². The van der Waals surface area contributed by atoms with Gasteiger partial charge in [0.05, 0.1) is 6.10 Å². The summed E-state index contributed by atoms with van der Waals surface area (Å²) in [4.78, 5) is 0. The standard InChI is InChI=1S/C19H31NO/c1-4-10-20-18(11-16-8-6-15(3)7-9-16)12-17-13-19(14-17)21-5-2/h6-9,17-20H,4-5,10-14H2,1-3H3. The lowest BCUT2D eigenvalue weighted by atomic mass is 9.77. The van der Waals surface area contributed by atoms with E-state index in [0.717, 1.165) is 25.5 Å². The molecule has 0 radical (unpaired) electrons. The maximum atomic E-state index is 5.68. The van der Waals surface area contributed by atoms with Crippen molar-refractivity contribution >= 4 is 0 Å². The van der Waals surface area contributed by atoms with E-state index in [1.807, 2.05) is 0 Å². The Hall–Kier alpha value is -0.860. The highest BCUT2D eigenvalue weighted by atomic mass is 16.5. The highest BCUT2D eigenvalue weighted by Crippen LogP contribution is 2.34. The first-order chi connectivity index (χ1) is 10.2. The number of ether oxygens (including phenoxy) is 1. The van der Waals surface area contributed by atoms with Crippen molar-refractivity contribution in [3.05, 3.63) is 35.4 Å². The van der Waals surface area contributed by atoms with Crippen molar-refractivity contribution in [1.29, 1.82) is 0 Å². The Morgan fingerprint density at radius 1 is 1.19 bits per heavy atom. The Labute approximate surface area is 130 Å². The molecule has 1 aromatic rings. The molecule has 1 aliphatic rings. The van der Waals surface area contributed by atoms with Gasteiger partial charge in [0, 0.05) is 12.6 Å². The summed E-state index contributed by atoms with van der Waals surface area (Å²) in [6.45, 7) is 8.47. The lowest BCUT2D eigenvalue weighted by Gasteiger charge is -2.37. The van der Waals surface area contributed by atoms with E-state index in [4.69, 9.17) is 4.74 Å². The van der Waals surface area contributed by atoms with Gasteiger partial charge in [-0.05, 0) is 64.0 Å². The van der Waals surface area contributed by atoms with Crippen LogP contribution in [-0.4, -0.2) is 25.3 Å². The molecule has 1 aromatic carbocycles. The van der Waals surface area contributed by atoms with Gasteiger partial charge in [-0.15, -0.1) is 0 Å². The van der Waals surface area contributed by atoms with E-state index < -0.39 is 0 Å². The lowest BCUT2D eigenvalue weighted by Crippen LogP contribution is -2.39. The van der Waals surface area contributed by atoms with Crippen molar-refractivity contribution in [2.75, 3.05) is 13.2 Å². The third-order valence-electron chi connectivity index (χ3n) is 4.50. The monoisotopic (exact) mass is 289 g/mol. The van der Waals surface area contributed by atoms with Crippen LogP contribution in [0.25, 0.3) is 0 Å². The summed E-state index contributed by atoms with van der Waals surface area (Å²) >= 11 is 0. The average molecular weight is 289 g/mol. The number of hydrogen-bond acceptors (Lipinski definition) is 2. The molecular weight excluding hydrogens is 258 g/mol. The zero-order chi connectivity index (χ0) is 15.1. The molecule has 1 saturated carbocycles. The number of nitrogens with one attached hydrogen (secondary N) is 1. The SMILES string of the molecule is CCCNC(Cc1ccc(C)cc1)CC1CC(OCC)C1. The fraction of sp³-hybridized carbons (Fsp3) is 0.684. The topological polar surface area (TPSA) is 21.3 Å². The first-order valence-corrected chi connectivity index (χ1v) is 8.61. The van der Waals surface area contributed by atoms with Gasteiger partial charge in [-0.3, -0.25) is 0 Å². The van der Waals surface area contributed by atoms with Gasteiger partial charge in [-0.2, -0.15) is 0 Å². The molecule has 0 heterocycles. The van der Waals surface area contributed by atoms with Gasteiger partial charge in [-0.25, -0.2) is 0 Å². The quantitative estimate of drug-likeness (QED) is 0.738. The van der Waals surface area contributed by atoms with Crippen LogP contribution < -0.4 is 5.32 Å². The Morgan fingerprint density at radius 3 is 2.52 bits per heavy atom. The smallest absolute Gasteiger partial charge is 0.0580 e. The fourth-order valence-corrected chi connectivity index (χ4v) is 3.24. The van der Waals surface area contributed by atoms with Gasteiger partial charge >= 0.3 is 0 Å². The summed E-state index contributed by atoms with van der Waals surface area (Å²) in [7, 11) is 0. The Bertz CT molecular complexity index is 395. The minimum Gasteiger partial charge on any atom is -0.378 e. The van der Waals surface area contributed by atoms with Crippen LogP contribution in [0.15, 0.2) is 24.3 Å². The zero-order valence-electron chi connectivity index (χ0n) is 13.9. The number of benzene rings is 1. The highest BCUT2D eigenvalue weighted by molar-refractivity contribution is 5.22. The number of rotatable bonds is 9. The second-order valence-corrected chi connectivity index (χ2v) is 6.49. The van der Waals surface area contributed by atoms with Gasteiger partial charge in [0.25, 0.3) is 0 Å². The Balaban J connectivity index is 1.81. The van der Waals surface area contributed by atoms with Crippen LogP contribution in [0, 0.1) is 12.8 Å². The highest BCUT2D eigenvalue weighted by Gasteiger charge is 2.31. The first-order valence-electron chi connectivity index (χ1n) is 8.61. The molecule has 1 aliphatic carbocycles. The third kappa shape index (κ3) is 5.44.